The van der Waals surface area contributed by atoms with Crippen molar-refractivity contribution in [1.82, 2.24) is 0 Å². The van der Waals surface area contributed by atoms with Gasteiger partial charge >= 0.3 is 253 Å². The number of hydrogen-bond acceptors (Lipinski definition) is 0. The van der Waals surface area contributed by atoms with Gasteiger partial charge in [-0.15, -0.1) is 0 Å². The maximum atomic E-state index is 2.43. The van der Waals surface area contributed by atoms with Gasteiger partial charge in [-0.1, -0.05) is 0 Å². The van der Waals surface area contributed by atoms with Crippen LogP contribution in [-0.2, 0) is 21.7 Å². The van der Waals surface area contributed by atoms with Gasteiger partial charge in [-0.05, 0) is 0 Å². The first-order chi connectivity index (χ1) is 18.8. The monoisotopic (exact) mass is 564 g/mol. The summed E-state index contributed by atoms with van der Waals surface area (Å²) < 4.78 is 0. The molecule has 4 aromatic rings. The van der Waals surface area contributed by atoms with Gasteiger partial charge in [-0.3, -0.25) is 0 Å². The summed E-state index contributed by atoms with van der Waals surface area (Å²) in [5.41, 5.74) is 5.94. The standard InChI is InChI=1S/C40H53P/c1-37(2,3)29-13-21-33(22-14-29)41(34-23-15-30(16-24-34)38(4,5)6,35-25-17-31(18-26-35)39(7,8)9)36-27-19-32(20-28-36)40(10,11)12/h13-28,41H,1-12H3. The van der Waals surface area contributed by atoms with Crippen LogP contribution in [0.15, 0.2) is 97.1 Å². The third-order valence-corrected chi connectivity index (χ3v) is 13.5. The number of hydrogen-bond donors (Lipinski definition) is 0. The Balaban J connectivity index is 2.09. The third-order valence-electron chi connectivity index (χ3n) is 8.74. The molecule has 0 N–H and O–H groups in total. The van der Waals surface area contributed by atoms with E-state index >= 15 is 0 Å². The maximum absolute atomic E-state index is 2.63. The van der Waals surface area contributed by atoms with Gasteiger partial charge in [0.2, 0.25) is 0 Å². The molecule has 0 saturated carbocycles. The Bertz CT molecular complexity index is 1210. The SMILES string of the molecule is CC(C)(C)c1ccc([PH](c2ccc(C(C)(C)C)cc2)(c2ccc(C(C)(C)C)cc2)c2ccc(C(C)(C)C)cc2)cc1. The molecule has 4 aromatic carbocycles. The molecule has 0 unspecified atom stereocenters. The van der Waals surface area contributed by atoms with E-state index in [-0.39, 0.29) is 21.7 Å². The Morgan fingerprint density at radius 1 is 0.268 bits per heavy atom. The van der Waals surface area contributed by atoms with Crippen molar-refractivity contribution in [3.05, 3.63) is 119 Å². The van der Waals surface area contributed by atoms with Crippen molar-refractivity contribution in [2.24, 2.45) is 0 Å². The summed E-state index contributed by atoms with van der Waals surface area (Å²) in [5.74, 6) is 0. The Labute approximate surface area is 252 Å². The molecule has 0 spiro atoms. The summed E-state index contributed by atoms with van der Waals surface area (Å²) in [6, 6.07) is 38.4. The summed E-state index contributed by atoms with van der Waals surface area (Å²) in [7, 11) is -2.63. The molecule has 0 bridgehead atoms. The van der Waals surface area contributed by atoms with Gasteiger partial charge in [-0.2, -0.15) is 0 Å². The first kappa shape index (κ1) is 31.3. The molecular formula is C40H53P. The molecule has 41 heavy (non-hydrogen) atoms. The van der Waals surface area contributed by atoms with E-state index in [4.69, 9.17) is 0 Å². The van der Waals surface area contributed by atoms with Gasteiger partial charge in [0.05, 0.1) is 0 Å². The number of benzene rings is 4. The van der Waals surface area contributed by atoms with Crippen LogP contribution in [0.5, 0.6) is 0 Å². The van der Waals surface area contributed by atoms with Gasteiger partial charge in [-0.25, -0.2) is 0 Å². The van der Waals surface area contributed by atoms with Crippen molar-refractivity contribution in [2.45, 2.75) is 105 Å². The Morgan fingerprint density at radius 3 is 0.537 bits per heavy atom. The van der Waals surface area contributed by atoms with Crippen molar-refractivity contribution in [3.63, 3.8) is 0 Å². The van der Waals surface area contributed by atoms with Gasteiger partial charge in [0, 0.05) is 0 Å². The molecule has 0 atom stereocenters. The van der Waals surface area contributed by atoms with E-state index in [1.165, 1.54) is 43.5 Å². The molecule has 0 fully saturated rings. The second kappa shape index (κ2) is 10.9. The molecule has 0 amide bonds. The molecule has 4 rings (SSSR count). The molecule has 0 aliphatic rings. The predicted octanol–water partition coefficient (Wildman–Crippen LogP) is 9.23. The minimum absolute atomic E-state index is 0.111. The molecule has 0 aromatic heterocycles. The second-order valence-electron chi connectivity index (χ2n) is 16.1. The van der Waals surface area contributed by atoms with E-state index in [1.54, 1.807) is 0 Å². The van der Waals surface area contributed by atoms with E-state index < -0.39 is 7.26 Å². The molecular weight excluding hydrogens is 511 g/mol. The summed E-state index contributed by atoms with van der Waals surface area (Å²) in [6.45, 7) is 27.6. The van der Waals surface area contributed by atoms with Crippen molar-refractivity contribution in [2.75, 3.05) is 0 Å². The van der Waals surface area contributed by atoms with Crippen LogP contribution in [0.3, 0.4) is 0 Å². The summed E-state index contributed by atoms with van der Waals surface area (Å²) in [6.07, 6.45) is 0. The van der Waals surface area contributed by atoms with E-state index in [1.807, 2.05) is 0 Å². The van der Waals surface area contributed by atoms with Gasteiger partial charge in [0.25, 0.3) is 0 Å². The van der Waals surface area contributed by atoms with Crippen molar-refractivity contribution >= 4 is 28.5 Å². The quantitative estimate of drug-likeness (QED) is 0.217. The summed E-state index contributed by atoms with van der Waals surface area (Å²) >= 11 is 0. The zero-order valence-corrected chi connectivity index (χ0v) is 28.7. The van der Waals surface area contributed by atoms with Crippen LogP contribution in [0.25, 0.3) is 0 Å². The van der Waals surface area contributed by atoms with Crippen molar-refractivity contribution < 1.29 is 0 Å². The van der Waals surface area contributed by atoms with Crippen LogP contribution in [-0.4, -0.2) is 0 Å². The van der Waals surface area contributed by atoms with E-state index in [0.717, 1.165) is 0 Å². The van der Waals surface area contributed by atoms with Gasteiger partial charge < -0.3 is 0 Å². The molecule has 0 nitrogen and oxygen atoms in total. The van der Waals surface area contributed by atoms with Gasteiger partial charge in [0.1, 0.15) is 0 Å². The van der Waals surface area contributed by atoms with Crippen LogP contribution >= 0.6 is 7.26 Å². The normalized spacial score (nSPS) is 13.8. The molecule has 0 saturated heterocycles. The topological polar surface area (TPSA) is 0 Å². The van der Waals surface area contributed by atoms with Crippen molar-refractivity contribution in [3.8, 4) is 0 Å². The molecule has 0 aliphatic carbocycles. The van der Waals surface area contributed by atoms with Crippen LogP contribution in [0.2, 0.25) is 0 Å². The van der Waals surface area contributed by atoms with Crippen LogP contribution in [0.1, 0.15) is 105 Å². The van der Waals surface area contributed by atoms with Gasteiger partial charge in [0.15, 0.2) is 0 Å². The first-order valence-electron chi connectivity index (χ1n) is 15.3. The van der Waals surface area contributed by atoms with Crippen LogP contribution in [0, 0.1) is 0 Å². The molecule has 0 heterocycles. The van der Waals surface area contributed by atoms with Crippen molar-refractivity contribution in [1.29, 1.82) is 0 Å². The Kier molecular flexibility index (Phi) is 8.28. The van der Waals surface area contributed by atoms with Crippen LogP contribution in [0.4, 0.5) is 0 Å². The fourth-order valence-electron chi connectivity index (χ4n) is 5.88. The third kappa shape index (κ3) is 6.39. The Hall–Kier alpha value is -2.69. The average molecular weight is 565 g/mol. The zero-order chi connectivity index (χ0) is 30.4. The molecule has 218 valence electrons. The zero-order valence-electron chi connectivity index (χ0n) is 27.7. The fourth-order valence-corrected chi connectivity index (χ4v) is 10.5. The Morgan fingerprint density at radius 2 is 0.415 bits per heavy atom. The molecule has 1 heteroatoms. The first-order valence-corrected chi connectivity index (χ1v) is 17.3. The van der Waals surface area contributed by atoms with Crippen LogP contribution < -0.4 is 21.2 Å². The molecule has 0 aliphatic heterocycles. The van der Waals surface area contributed by atoms with E-state index in [2.05, 4.69) is 180 Å². The summed E-state index contributed by atoms with van der Waals surface area (Å²) in [5, 5.41) is 5.73. The second-order valence-corrected chi connectivity index (χ2v) is 19.9. The minimum atomic E-state index is -2.63. The molecule has 0 radical (unpaired) electrons. The average Bonchev–Trinajstić information content (AvgIpc) is 2.88. The van der Waals surface area contributed by atoms with E-state index in [9.17, 15) is 0 Å². The number of rotatable bonds is 4. The summed E-state index contributed by atoms with van der Waals surface area (Å²) in [4.78, 5) is 0. The fraction of sp³-hybridized carbons (Fsp3) is 0.400. The predicted molar refractivity (Wildman–Crippen MR) is 187 cm³/mol. The van der Waals surface area contributed by atoms with E-state index in [0.29, 0.717) is 0 Å².